The first-order chi connectivity index (χ1) is 12.5. The standard InChI is InChI=1S/C12H12N2.C8H6O4/c1-13-12-11(8-5-9-14-12)10-6-3-2-4-7-10;9-7(10)5-2-1-3-6(4-5)8(11)12/h2-9H,1H3,(H,13,14);1-4H,(H,9,10)(H,11,12). The molecule has 0 saturated heterocycles. The number of nitrogens with one attached hydrogen (secondary N) is 1. The van der Waals surface area contributed by atoms with Gasteiger partial charge in [0.1, 0.15) is 5.82 Å². The number of aromatic nitrogens is 1. The highest BCUT2D eigenvalue weighted by Crippen LogP contribution is 2.24. The lowest BCUT2D eigenvalue weighted by molar-refractivity contribution is 0.0696. The van der Waals surface area contributed by atoms with E-state index in [1.54, 1.807) is 6.20 Å². The summed E-state index contributed by atoms with van der Waals surface area (Å²) in [5, 5.41) is 20.1. The molecule has 0 amide bonds. The van der Waals surface area contributed by atoms with Crippen LogP contribution in [0.5, 0.6) is 0 Å². The SMILES string of the molecule is CNc1ncccc1-c1ccccc1.O=C(O)c1cccc(C(=O)O)c1. The normalized spacial score (nSPS) is 9.58. The molecule has 3 aromatic rings. The minimum Gasteiger partial charge on any atom is -0.478 e. The Morgan fingerprint density at radius 1 is 0.846 bits per heavy atom. The second kappa shape index (κ2) is 8.98. The summed E-state index contributed by atoms with van der Waals surface area (Å²) in [4.78, 5) is 25.0. The fourth-order valence-electron chi connectivity index (χ4n) is 2.24. The Morgan fingerprint density at radius 3 is 2.00 bits per heavy atom. The van der Waals surface area contributed by atoms with E-state index in [9.17, 15) is 9.59 Å². The lowest BCUT2D eigenvalue weighted by Gasteiger charge is -2.06. The number of benzene rings is 2. The van der Waals surface area contributed by atoms with Crippen LogP contribution in [-0.4, -0.2) is 34.2 Å². The Morgan fingerprint density at radius 2 is 1.46 bits per heavy atom. The van der Waals surface area contributed by atoms with E-state index in [1.807, 2.05) is 31.3 Å². The molecule has 3 rings (SSSR count). The predicted octanol–water partition coefficient (Wildman–Crippen LogP) is 3.87. The summed E-state index contributed by atoms with van der Waals surface area (Å²) in [6.07, 6.45) is 1.79. The Labute approximate surface area is 150 Å². The van der Waals surface area contributed by atoms with E-state index in [0.29, 0.717) is 0 Å². The molecule has 0 aliphatic rings. The molecule has 1 aromatic heterocycles. The molecule has 0 aliphatic carbocycles. The van der Waals surface area contributed by atoms with Gasteiger partial charge >= 0.3 is 11.9 Å². The average molecular weight is 350 g/mol. The second-order valence-corrected chi connectivity index (χ2v) is 5.21. The topological polar surface area (TPSA) is 99.5 Å². The van der Waals surface area contributed by atoms with Crippen LogP contribution in [0.1, 0.15) is 20.7 Å². The van der Waals surface area contributed by atoms with Crippen molar-refractivity contribution in [3.05, 3.63) is 84.1 Å². The fraction of sp³-hybridized carbons (Fsp3) is 0.0500. The second-order valence-electron chi connectivity index (χ2n) is 5.21. The van der Waals surface area contributed by atoms with Gasteiger partial charge in [-0.15, -0.1) is 0 Å². The summed E-state index contributed by atoms with van der Waals surface area (Å²) in [6, 6.07) is 19.4. The van der Waals surface area contributed by atoms with Gasteiger partial charge in [0.15, 0.2) is 0 Å². The Balaban J connectivity index is 0.000000190. The molecule has 0 atom stereocenters. The van der Waals surface area contributed by atoms with Crippen LogP contribution in [0.4, 0.5) is 5.82 Å². The first-order valence-electron chi connectivity index (χ1n) is 7.77. The van der Waals surface area contributed by atoms with Crippen LogP contribution in [0, 0.1) is 0 Å². The number of rotatable bonds is 4. The number of hydrogen-bond acceptors (Lipinski definition) is 4. The van der Waals surface area contributed by atoms with Crippen molar-refractivity contribution in [3.63, 3.8) is 0 Å². The molecule has 0 bridgehead atoms. The third-order valence-corrected chi connectivity index (χ3v) is 3.49. The number of nitrogens with zero attached hydrogens (tertiary/aromatic N) is 1. The maximum atomic E-state index is 10.4. The summed E-state index contributed by atoms with van der Waals surface area (Å²) < 4.78 is 0. The van der Waals surface area contributed by atoms with Gasteiger partial charge in [-0.25, -0.2) is 14.6 Å². The van der Waals surface area contributed by atoms with Crippen LogP contribution in [0.3, 0.4) is 0 Å². The van der Waals surface area contributed by atoms with Gasteiger partial charge in [-0.2, -0.15) is 0 Å². The van der Waals surface area contributed by atoms with Crippen LogP contribution >= 0.6 is 0 Å². The number of aromatic carboxylic acids is 2. The Bertz CT molecular complexity index is 866. The zero-order chi connectivity index (χ0) is 18.9. The van der Waals surface area contributed by atoms with E-state index < -0.39 is 11.9 Å². The molecule has 0 unspecified atom stereocenters. The summed E-state index contributed by atoms with van der Waals surface area (Å²) in [5.74, 6) is -1.34. The molecule has 0 radical (unpaired) electrons. The molecular formula is C20H18N2O4. The van der Waals surface area contributed by atoms with Crippen molar-refractivity contribution in [3.8, 4) is 11.1 Å². The summed E-state index contributed by atoms with van der Waals surface area (Å²) in [5.41, 5.74) is 2.28. The van der Waals surface area contributed by atoms with Crippen LogP contribution < -0.4 is 5.32 Å². The number of hydrogen-bond donors (Lipinski definition) is 3. The van der Waals surface area contributed by atoms with Gasteiger partial charge in [0.05, 0.1) is 11.1 Å². The van der Waals surface area contributed by atoms with Gasteiger partial charge in [-0.05, 0) is 35.9 Å². The predicted molar refractivity (Wildman–Crippen MR) is 99.6 cm³/mol. The third kappa shape index (κ3) is 4.91. The zero-order valence-corrected chi connectivity index (χ0v) is 14.1. The number of carboxylic acid groups (broad SMARTS) is 2. The molecule has 6 nitrogen and oxygen atoms in total. The third-order valence-electron chi connectivity index (χ3n) is 3.49. The molecule has 0 spiro atoms. The van der Waals surface area contributed by atoms with Gasteiger partial charge in [0, 0.05) is 18.8 Å². The molecule has 26 heavy (non-hydrogen) atoms. The first-order valence-corrected chi connectivity index (χ1v) is 7.77. The van der Waals surface area contributed by atoms with E-state index in [4.69, 9.17) is 10.2 Å². The molecule has 6 heteroatoms. The highest BCUT2D eigenvalue weighted by Gasteiger charge is 2.06. The molecule has 0 aliphatic heterocycles. The minimum atomic E-state index is -1.13. The maximum Gasteiger partial charge on any atom is 0.335 e. The lowest BCUT2D eigenvalue weighted by Crippen LogP contribution is -2.01. The quantitative estimate of drug-likeness (QED) is 0.660. The summed E-state index contributed by atoms with van der Waals surface area (Å²) in [6.45, 7) is 0. The molecule has 1 heterocycles. The van der Waals surface area contributed by atoms with E-state index >= 15 is 0 Å². The molecular weight excluding hydrogens is 332 g/mol. The van der Waals surface area contributed by atoms with Crippen molar-refractivity contribution >= 4 is 17.8 Å². The summed E-state index contributed by atoms with van der Waals surface area (Å²) in [7, 11) is 1.88. The number of pyridine rings is 1. The summed E-state index contributed by atoms with van der Waals surface area (Å²) >= 11 is 0. The van der Waals surface area contributed by atoms with Gasteiger partial charge in [0.2, 0.25) is 0 Å². The number of anilines is 1. The molecule has 132 valence electrons. The minimum absolute atomic E-state index is 0.0186. The lowest BCUT2D eigenvalue weighted by atomic mass is 10.1. The molecule has 3 N–H and O–H groups in total. The maximum absolute atomic E-state index is 10.4. The van der Waals surface area contributed by atoms with E-state index in [2.05, 4.69) is 28.5 Å². The van der Waals surface area contributed by atoms with Crippen molar-refractivity contribution in [2.75, 3.05) is 12.4 Å². The van der Waals surface area contributed by atoms with Crippen LogP contribution in [0.15, 0.2) is 72.9 Å². The number of carbonyl (C=O) groups is 2. The Kier molecular flexibility index (Phi) is 6.45. The number of carboxylic acids is 2. The molecule has 0 fully saturated rings. The van der Waals surface area contributed by atoms with Gasteiger partial charge in [-0.1, -0.05) is 36.4 Å². The van der Waals surface area contributed by atoms with Crippen molar-refractivity contribution in [2.24, 2.45) is 0 Å². The highest BCUT2D eigenvalue weighted by atomic mass is 16.4. The molecule has 0 saturated carbocycles. The smallest absolute Gasteiger partial charge is 0.335 e. The highest BCUT2D eigenvalue weighted by molar-refractivity contribution is 5.93. The van der Waals surface area contributed by atoms with E-state index in [1.165, 1.54) is 23.8 Å². The van der Waals surface area contributed by atoms with Crippen LogP contribution in [0.2, 0.25) is 0 Å². The van der Waals surface area contributed by atoms with Gasteiger partial charge < -0.3 is 15.5 Å². The van der Waals surface area contributed by atoms with Crippen molar-refractivity contribution in [2.45, 2.75) is 0 Å². The van der Waals surface area contributed by atoms with E-state index in [-0.39, 0.29) is 11.1 Å². The Hall–Kier alpha value is -3.67. The molecule has 2 aromatic carbocycles. The zero-order valence-electron chi connectivity index (χ0n) is 14.1. The van der Waals surface area contributed by atoms with Crippen molar-refractivity contribution < 1.29 is 19.8 Å². The monoisotopic (exact) mass is 350 g/mol. The van der Waals surface area contributed by atoms with Crippen molar-refractivity contribution in [1.29, 1.82) is 0 Å². The largest absolute Gasteiger partial charge is 0.478 e. The fourth-order valence-corrected chi connectivity index (χ4v) is 2.24. The van der Waals surface area contributed by atoms with Gasteiger partial charge in [-0.3, -0.25) is 0 Å². The first kappa shape index (κ1) is 18.7. The van der Waals surface area contributed by atoms with Crippen molar-refractivity contribution in [1.82, 2.24) is 4.98 Å². The van der Waals surface area contributed by atoms with Crippen LogP contribution in [0.25, 0.3) is 11.1 Å². The van der Waals surface area contributed by atoms with Crippen LogP contribution in [-0.2, 0) is 0 Å². The average Bonchev–Trinajstić information content (AvgIpc) is 2.69. The van der Waals surface area contributed by atoms with E-state index in [0.717, 1.165) is 17.4 Å². The van der Waals surface area contributed by atoms with Gasteiger partial charge in [0.25, 0.3) is 0 Å².